The molecule has 3 aliphatic rings. The second kappa shape index (κ2) is 6.33. The summed E-state index contributed by atoms with van der Waals surface area (Å²) < 4.78 is 11.2. The average Bonchev–Trinajstić information content (AvgIpc) is 3.06. The van der Waals surface area contributed by atoms with Gasteiger partial charge in [0.2, 0.25) is 5.88 Å². The summed E-state index contributed by atoms with van der Waals surface area (Å²) in [5, 5.41) is 0. The Hall–Kier alpha value is -1.66. The molecule has 6 nitrogen and oxygen atoms in total. The minimum absolute atomic E-state index is 0.0285. The molecule has 3 fully saturated rings. The number of hydrogen-bond acceptors (Lipinski definition) is 5. The SMILES string of the molecule is COc1ccc(C(=O)N2CC3(CC(N4CCCCC4)CO3)C2)cn1. The van der Waals surface area contributed by atoms with Gasteiger partial charge in [0.1, 0.15) is 5.60 Å². The van der Waals surface area contributed by atoms with Crippen molar-refractivity contribution in [3.63, 3.8) is 0 Å². The van der Waals surface area contributed by atoms with E-state index in [4.69, 9.17) is 9.47 Å². The molecule has 0 aliphatic carbocycles. The maximum atomic E-state index is 12.5. The van der Waals surface area contributed by atoms with Crippen molar-refractivity contribution < 1.29 is 14.3 Å². The number of piperidine rings is 1. The second-order valence-electron chi connectivity index (χ2n) is 7.20. The zero-order valence-corrected chi connectivity index (χ0v) is 14.2. The predicted octanol–water partition coefficient (Wildman–Crippen LogP) is 1.56. The highest BCUT2D eigenvalue weighted by molar-refractivity contribution is 5.94. The van der Waals surface area contributed by atoms with Gasteiger partial charge < -0.3 is 14.4 Å². The molecule has 1 spiro atoms. The average molecular weight is 331 g/mol. The number of hydrogen-bond donors (Lipinski definition) is 0. The number of carbonyl (C=O) groups excluding carboxylic acids is 1. The van der Waals surface area contributed by atoms with Crippen LogP contribution in [0.2, 0.25) is 0 Å². The summed E-state index contributed by atoms with van der Waals surface area (Å²) in [7, 11) is 1.57. The predicted molar refractivity (Wildman–Crippen MR) is 89.2 cm³/mol. The van der Waals surface area contributed by atoms with Crippen molar-refractivity contribution in [3.05, 3.63) is 23.9 Å². The lowest BCUT2D eigenvalue weighted by molar-refractivity contribution is -0.0951. The molecule has 0 bridgehead atoms. The largest absolute Gasteiger partial charge is 0.481 e. The number of likely N-dealkylation sites (tertiary alicyclic amines) is 2. The summed E-state index contributed by atoms with van der Waals surface area (Å²) in [4.78, 5) is 21.1. The second-order valence-corrected chi connectivity index (χ2v) is 7.20. The van der Waals surface area contributed by atoms with Crippen LogP contribution in [0.1, 0.15) is 36.0 Å². The monoisotopic (exact) mass is 331 g/mol. The number of rotatable bonds is 3. The number of aromatic nitrogens is 1. The van der Waals surface area contributed by atoms with E-state index < -0.39 is 0 Å². The highest BCUT2D eigenvalue weighted by Crippen LogP contribution is 2.38. The van der Waals surface area contributed by atoms with Gasteiger partial charge in [-0.15, -0.1) is 0 Å². The van der Waals surface area contributed by atoms with Gasteiger partial charge in [-0.1, -0.05) is 6.42 Å². The molecule has 1 aromatic rings. The lowest BCUT2D eigenvalue weighted by Crippen LogP contribution is -2.63. The maximum absolute atomic E-state index is 12.5. The number of nitrogens with zero attached hydrogens (tertiary/aromatic N) is 3. The minimum atomic E-state index is -0.113. The Balaban J connectivity index is 1.33. The van der Waals surface area contributed by atoms with E-state index in [0.29, 0.717) is 30.6 Å². The summed E-state index contributed by atoms with van der Waals surface area (Å²) in [6.07, 6.45) is 6.60. The van der Waals surface area contributed by atoms with Gasteiger partial charge >= 0.3 is 0 Å². The first-order valence-corrected chi connectivity index (χ1v) is 8.86. The van der Waals surface area contributed by atoms with Crippen molar-refractivity contribution in [2.75, 3.05) is 39.9 Å². The number of carbonyl (C=O) groups is 1. The normalized spacial score (nSPS) is 26.4. The molecule has 24 heavy (non-hydrogen) atoms. The lowest BCUT2D eigenvalue weighted by atomic mass is 9.88. The molecule has 4 heterocycles. The van der Waals surface area contributed by atoms with Gasteiger partial charge in [0.25, 0.3) is 5.91 Å². The maximum Gasteiger partial charge on any atom is 0.255 e. The smallest absolute Gasteiger partial charge is 0.255 e. The number of amides is 1. The first-order chi connectivity index (χ1) is 11.7. The molecule has 0 N–H and O–H groups in total. The number of methoxy groups -OCH3 is 1. The Morgan fingerprint density at radius 2 is 2.08 bits per heavy atom. The Morgan fingerprint density at radius 3 is 2.75 bits per heavy atom. The van der Waals surface area contributed by atoms with E-state index in [1.165, 1.54) is 32.4 Å². The third kappa shape index (κ3) is 2.89. The molecule has 0 saturated carbocycles. The molecule has 1 unspecified atom stereocenters. The van der Waals surface area contributed by atoms with Crippen LogP contribution in [0.3, 0.4) is 0 Å². The lowest BCUT2D eigenvalue weighted by Gasteiger charge is -2.47. The number of pyridine rings is 1. The summed E-state index contributed by atoms with van der Waals surface area (Å²) >= 11 is 0. The van der Waals surface area contributed by atoms with Crippen LogP contribution in [0, 0.1) is 0 Å². The first kappa shape index (κ1) is 15.8. The van der Waals surface area contributed by atoms with E-state index in [0.717, 1.165) is 13.0 Å². The van der Waals surface area contributed by atoms with Crippen molar-refractivity contribution in [3.8, 4) is 5.88 Å². The molecular formula is C18H25N3O3. The number of ether oxygens (including phenoxy) is 2. The van der Waals surface area contributed by atoms with E-state index in [-0.39, 0.29) is 11.5 Å². The van der Waals surface area contributed by atoms with Crippen LogP contribution in [0.15, 0.2) is 18.3 Å². The third-order valence-corrected chi connectivity index (χ3v) is 5.53. The molecule has 1 aromatic heterocycles. The molecule has 3 saturated heterocycles. The molecule has 130 valence electrons. The topological polar surface area (TPSA) is 54.9 Å². The van der Waals surface area contributed by atoms with Gasteiger partial charge in [0.15, 0.2) is 0 Å². The summed E-state index contributed by atoms with van der Waals surface area (Å²) in [5.41, 5.74) is 0.494. The van der Waals surface area contributed by atoms with Gasteiger partial charge in [-0.25, -0.2) is 4.98 Å². The van der Waals surface area contributed by atoms with E-state index in [1.54, 1.807) is 25.4 Å². The van der Waals surface area contributed by atoms with Gasteiger partial charge in [0, 0.05) is 18.3 Å². The van der Waals surface area contributed by atoms with Crippen molar-refractivity contribution >= 4 is 5.91 Å². The molecule has 1 atom stereocenters. The summed E-state index contributed by atoms with van der Waals surface area (Å²) in [6, 6.07) is 4.03. The van der Waals surface area contributed by atoms with Gasteiger partial charge in [-0.05, 0) is 38.4 Å². The highest BCUT2D eigenvalue weighted by atomic mass is 16.5. The Bertz CT molecular complexity index is 592. The van der Waals surface area contributed by atoms with Crippen LogP contribution in [0.5, 0.6) is 5.88 Å². The Kier molecular flexibility index (Phi) is 4.18. The van der Waals surface area contributed by atoms with Crippen molar-refractivity contribution in [2.45, 2.75) is 37.3 Å². The molecule has 6 heteroatoms. The van der Waals surface area contributed by atoms with Crippen LogP contribution < -0.4 is 4.74 Å². The van der Waals surface area contributed by atoms with Crippen LogP contribution in [0.4, 0.5) is 0 Å². The first-order valence-electron chi connectivity index (χ1n) is 8.86. The van der Waals surface area contributed by atoms with Crippen molar-refractivity contribution in [1.29, 1.82) is 0 Å². The molecule has 1 amide bonds. The van der Waals surface area contributed by atoms with Crippen molar-refractivity contribution in [2.24, 2.45) is 0 Å². The van der Waals surface area contributed by atoms with Gasteiger partial charge in [-0.3, -0.25) is 9.69 Å². The van der Waals surface area contributed by atoms with E-state index in [2.05, 4.69) is 9.88 Å². The fraction of sp³-hybridized carbons (Fsp3) is 0.667. The highest BCUT2D eigenvalue weighted by Gasteiger charge is 2.52. The summed E-state index contributed by atoms with van der Waals surface area (Å²) in [5.74, 6) is 0.552. The van der Waals surface area contributed by atoms with Crippen LogP contribution in [-0.4, -0.2) is 72.2 Å². The standard InChI is InChI=1S/C18H25N3O3/c1-23-16-6-5-14(10-19-16)17(22)21-12-18(13-21)9-15(11-24-18)20-7-3-2-4-8-20/h5-6,10,15H,2-4,7-9,11-13H2,1H3. The quantitative estimate of drug-likeness (QED) is 0.841. The molecule has 4 rings (SSSR count). The van der Waals surface area contributed by atoms with Crippen LogP contribution in [0.25, 0.3) is 0 Å². The van der Waals surface area contributed by atoms with Gasteiger partial charge in [0.05, 0.1) is 32.4 Å². The fourth-order valence-electron chi connectivity index (χ4n) is 4.16. The van der Waals surface area contributed by atoms with Gasteiger partial charge in [-0.2, -0.15) is 0 Å². The van der Waals surface area contributed by atoms with E-state index in [9.17, 15) is 4.79 Å². The molecule has 0 radical (unpaired) electrons. The molecular weight excluding hydrogens is 306 g/mol. The zero-order valence-electron chi connectivity index (χ0n) is 14.2. The zero-order chi connectivity index (χ0) is 16.6. The van der Waals surface area contributed by atoms with Crippen LogP contribution in [-0.2, 0) is 4.74 Å². The van der Waals surface area contributed by atoms with Crippen LogP contribution >= 0.6 is 0 Å². The van der Waals surface area contributed by atoms with E-state index >= 15 is 0 Å². The Labute approximate surface area is 142 Å². The fourth-order valence-corrected chi connectivity index (χ4v) is 4.16. The summed E-state index contributed by atoms with van der Waals surface area (Å²) in [6.45, 7) is 4.60. The third-order valence-electron chi connectivity index (χ3n) is 5.53. The Morgan fingerprint density at radius 1 is 1.29 bits per heavy atom. The van der Waals surface area contributed by atoms with Crippen molar-refractivity contribution in [1.82, 2.24) is 14.8 Å². The van der Waals surface area contributed by atoms with E-state index in [1.807, 2.05) is 4.90 Å². The molecule has 0 aromatic carbocycles. The minimum Gasteiger partial charge on any atom is -0.481 e. The molecule has 3 aliphatic heterocycles.